The van der Waals surface area contributed by atoms with Crippen molar-refractivity contribution in [3.8, 4) is 0 Å². The van der Waals surface area contributed by atoms with E-state index in [0.29, 0.717) is 13.0 Å². The quantitative estimate of drug-likeness (QED) is 0.555. The van der Waals surface area contributed by atoms with Crippen molar-refractivity contribution in [2.45, 2.75) is 46.5 Å². The lowest BCUT2D eigenvalue weighted by Gasteiger charge is -2.06. The number of benzene rings is 1. The molecule has 0 radical (unpaired) electrons. The number of esters is 1. The van der Waals surface area contributed by atoms with E-state index < -0.39 is 0 Å². The number of aryl methyl sites for hydroxylation is 3. The molecule has 1 aromatic carbocycles. The summed E-state index contributed by atoms with van der Waals surface area (Å²) in [5.41, 5.74) is 3.72. The van der Waals surface area contributed by atoms with Crippen molar-refractivity contribution in [3.05, 3.63) is 34.9 Å². The summed E-state index contributed by atoms with van der Waals surface area (Å²) < 4.78 is 5.13. The molecule has 0 aromatic heterocycles. The number of carbonyl (C=O) groups is 1. The van der Waals surface area contributed by atoms with E-state index in [1.165, 1.54) is 16.7 Å². The van der Waals surface area contributed by atoms with Crippen LogP contribution in [0.3, 0.4) is 0 Å². The van der Waals surface area contributed by atoms with Crippen molar-refractivity contribution in [2.75, 3.05) is 6.61 Å². The second-order valence-electron chi connectivity index (χ2n) is 4.57. The van der Waals surface area contributed by atoms with Gasteiger partial charge in [0.25, 0.3) is 0 Å². The second-order valence-corrected chi connectivity index (χ2v) is 4.57. The van der Waals surface area contributed by atoms with Crippen LogP contribution in [0.4, 0.5) is 0 Å². The average Bonchev–Trinajstić information content (AvgIpc) is 2.25. The first-order chi connectivity index (χ1) is 8.11. The van der Waals surface area contributed by atoms with Gasteiger partial charge in [-0.15, -0.1) is 0 Å². The minimum atomic E-state index is -0.0855. The molecule has 1 aromatic rings. The molecule has 94 valence electrons. The monoisotopic (exact) mass is 234 g/mol. The molecule has 2 heteroatoms. The van der Waals surface area contributed by atoms with E-state index in [9.17, 15) is 4.79 Å². The zero-order valence-electron chi connectivity index (χ0n) is 11.1. The van der Waals surface area contributed by atoms with Crippen LogP contribution in [0, 0.1) is 13.8 Å². The van der Waals surface area contributed by atoms with Crippen molar-refractivity contribution >= 4 is 5.97 Å². The lowest BCUT2D eigenvalue weighted by atomic mass is 10.0. The van der Waals surface area contributed by atoms with Crippen molar-refractivity contribution in [1.29, 1.82) is 0 Å². The van der Waals surface area contributed by atoms with Gasteiger partial charge in [0.1, 0.15) is 0 Å². The molecular formula is C15H22O2. The molecule has 0 saturated heterocycles. The third-order valence-electron chi connectivity index (χ3n) is 2.66. The van der Waals surface area contributed by atoms with Gasteiger partial charge in [-0.2, -0.15) is 0 Å². The van der Waals surface area contributed by atoms with Gasteiger partial charge >= 0.3 is 5.97 Å². The molecule has 0 bridgehead atoms. The summed E-state index contributed by atoms with van der Waals surface area (Å²) in [6.45, 7) is 6.80. The highest BCUT2D eigenvalue weighted by Crippen LogP contribution is 2.11. The summed E-state index contributed by atoms with van der Waals surface area (Å²) in [5, 5.41) is 0. The standard InChI is InChI=1S/C15H22O2/c1-4-5-8-17-15(16)7-6-14-10-12(2)9-13(3)11-14/h9-11H,4-8H2,1-3H3. The fourth-order valence-corrected chi connectivity index (χ4v) is 1.86. The van der Waals surface area contributed by atoms with Gasteiger partial charge < -0.3 is 4.74 Å². The van der Waals surface area contributed by atoms with E-state index in [1.807, 2.05) is 0 Å². The molecule has 0 atom stereocenters. The number of rotatable bonds is 6. The normalized spacial score (nSPS) is 10.3. The molecule has 0 heterocycles. The minimum absolute atomic E-state index is 0.0855. The van der Waals surface area contributed by atoms with Crippen molar-refractivity contribution in [3.63, 3.8) is 0 Å². The number of hydrogen-bond acceptors (Lipinski definition) is 2. The Labute approximate surface area is 104 Å². The Morgan fingerprint density at radius 3 is 2.41 bits per heavy atom. The van der Waals surface area contributed by atoms with Crippen molar-refractivity contribution < 1.29 is 9.53 Å². The molecule has 2 nitrogen and oxygen atoms in total. The highest BCUT2D eigenvalue weighted by atomic mass is 16.5. The predicted molar refractivity (Wildman–Crippen MR) is 70.1 cm³/mol. The lowest BCUT2D eigenvalue weighted by Crippen LogP contribution is -2.07. The first-order valence-electron chi connectivity index (χ1n) is 6.34. The summed E-state index contributed by atoms with van der Waals surface area (Å²) in [7, 11) is 0. The molecule has 0 aliphatic heterocycles. The Balaban J connectivity index is 2.36. The molecule has 0 N–H and O–H groups in total. The number of unbranched alkanes of at least 4 members (excludes halogenated alkanes) is 1. The van der Waals surface area contributed by atoms with Crippen LogP contribution in [0.2, 0.25) is 0 Å². The van der Waals surface area contributed by atoms with Crippen LogP contribution in [0.25, 0.3) is 0 Å². The summed E-state index contributed by atoms with van der Waals surface area (Å²) in [4.78, 5) is 11.4. The van der Waals surface area contributed by atoms with Gasteiger partial charge in [0, 0.05) is 6.42 Å². The fraction of sp³-hybridized carbons (Fsp3) is 0.533. The van der Waals surface area contributed by atoms with E-state index >= 15 is 0 Å². The van der Waals surface area contributed by atoms with E-state index in [-0.39, 0.29) is 5.97 Å². The number of carbonyl (C=O) groups excluding carboxylic acids is 1. The zero-order valence-corrected chi connectivity index (χ0v) is 11.1. The summed E-state index contributed by atoms with van der Waals surface area (Å²) in [6, 6.07) is 6.40. The smallest absolute Gasteiger partial charge is 0.306 e. The average molecular weight is 234 g/mol. The third-order valence-corrected chi connectivity index (χ3v) is 2.66. The second kappa shape index (κ2) is 7.10. The maximum Gasteiger partial charge on any atom is 0.306 e. The molecule has 0 saturated carbocycles. The molecule has 0 aliphatic rings. The lowest BCUT2D eigenvalue weighted by molar-refractivity contribution is -0.143. The molecule has 0 unspecified atom stereocenters. The summed E-state index contributed by atoms with van der Waals surface area (Å²) >= 11 is 0. The highest BCUT2D eigenvalue weighted by Gasteiger charge is 2.04. The van der Waals surface area contributed by atoms with Crippen LogP contribution in [-0.4, -0.2) is 12.6 Å². The van der Waals surface area contributed by atoms with Crippen LogP contribution in [0.15, 0.2) is 18.2 Å². The Kier molecular flexibility index (Phi) is 5.75. The van der Waals surface area contributed by atoms with Crippen molar-refractivity contribution in [1.82, 2.24) is 0 Å². The third kappa shape index (κ3) is 5.53. The Hall–Kier alpha value is -1.31. The molecule has 0 fully saturated rings. The van der Waals surface area contributed by atoms with Gasteiger partial charge in [0.2, 0.25) is 0 Å². The number of ether oxygens (including phenoxy) is 1. The maximum atomic E-state index is 11.4. The number of hydrogen-bond donors (Lipinski definition) is 0. The molecule has 0 aliphatic carbocycles. The first kappa shape index (κ1) is 13.8. The minimum Gasteiger partial charge on any atom is -0.466 e. The van der Waals surface area contributed by atoms with Gasteiger partial charge in [0.15, 0.2) is 0 Å². The Morgan fingerprint density at radius 1 is 1.18 bits per heavy atom. The largest absolute Gasteiger partial charge is 0.466 e. The van der Waals surface area contributed by atoms with Gasteiger partial charge in [0.05, 0.1) is 6.61 Å². The van der Waals surface area contributed by atoms with E-state index in [2.05, 4.69) is 39.0 Å². The molecule has 0 amide bonds. The Bertz CT molecular complexity index is 349. The molecular weight excluding hydrogens is 212 g/mol. The van der Waals surface area contributed by atoms with E-state index in [0.717, 1.165) is 19.3 Å². The van der Waals surface area contributed by atoms with E-state index in [1.54, 1.807) is 0 Å². The van der Waals surface area contributed by atoms with Crippen LogP contribution in [0.5, 0.6) is 0 Å². The molecule has 1 rings (SSSR count). The summed E-state index contributed by atoms with van der Waals surface area (Å²) in [6.07, 6.45) is 3.26. The SMILES string of the molecule is CCCCOC(=O)CCc1cc(C)cc(C)c1. The van der Waals surface area contributed by atoms with Crippen LogP contribution in [-0.2, 0) is 16.0 Å². The summed E-state index contributed by atoms with van der Waals surface area (Å²) in [5.74, 6) is -0.0855. The van der Waals surface area contributed by atoms with Crippen molar-refractivity contribution in [2.24, 2.45) is 0 Å². The highest BCUT2D eigenvalue weighted by molar-refractivity contribution is 5.69. The van der Waals surface area contributed by atoms with E-state index in [4.69, 9.17) is 4.74 Å². The zero-order chi connectivity index (χ0) is 12.7. The maximum absolute atomic E-state index is 11.4. The fourth-order valence-electron chi connectivity index (χ4n) is 1.86. The first-order valence-corrected chi connectivity index (χ1v) is 6.34. The predicted octanol–water partition coefficient (Wildman–Crippen LogP) is 3.58. The van der Waals surface area contributed by atoms with Gasteiger partial charge in [-0.25, -0.2) is 0 Å². The van der Waals surface area contributed by atoms with Crippen LogP contribution in [0.1, 0.15) is 42.9 Å². The molecule has 0 spiro atoms. The van der Waals surface area contributed by atoms with Crippen LogP contribution >= 0.6 is 0 Å². The van der Waals surface area contributed by atoms with Gasteiger partial charge in [-0.05, 0) is 32.3 Å². The van der Waals surface area contributed by atoms with Crippen LogP contribution < -0.4 is 0 Å². The topological polar surface area (TPSA) is 26.3 Å². The Morgan fingerprint density at radius 2 is 1.82 bits per heavy atom. The van der Waals surface area contributed by atoms with Gasteiger partial charge in [-0.1, -0.05) is 42.7 Å². The van der Waals surface area contributed by atoms with Gasteiger partial charge in [-0.3, -0.25) is 4.79 Å². The molecule has 17 heavy (non-hydrogen) atoms.